The van der Waals surface area contributed by atoms with Crippen LogP contribution in [0.2, 0.25) is 5.15 Å². The predicted octanol–water partition coefficient (Wildman–Crippen LogP) is 2.86. The molecular weight excluding hydrogens is 274 g/mol. The zero-order chi connectivity index (χ0) is 14.8. The number of nitrogens with zero attached hydrogens (tertiary/aromatic N) is 3. The Kier molecular flexibility index (Phi) is 4.31. The summed E-state index contributed by atoms with van der Waals surface area (Å²) in [5, 5.41) is 16.4. The van der Waals surface area contributed by atoms with E-state index in [1.807, 2.05) is 0 Å². The van der Waals surface area contributed by atoms with Gasteiger partial charge in [-0.25, -0.2) is 9.59 Å². The Balaban J connectivity index is 3.10. The van der Waals surface area contributed by atoms with Gasteiger partial charge in [-0.3, -0.25) is 0 Å². The summed E-state index contributed by atoms with van der Waals surface area (Å²) in [7, 11) is 0. The lowest BCUT2D eigenvalue weighted by Gasteiger charge is -2.23. The third kappa shape index (κ3) is 4.06. The number of hydrogen-bond donors (Lipinski definition) is 1. The number of rotatable bonds is 1. The first-order valence-corrected chi connectivity index (χ1v) is 5.75. The minimum absolute atomic E-state index is 0.137. The molecule has 0 aliphatic carbocycles. The summed E-state index contributed by atoms with van der Waals surface area (Å²) in [6.07, 6.45) is -2.55. The van der Waals surface area contributed by atoms with Gasteiger partial charge in [0.2, 0.25) is 0 Å². The first-order valence-electron chi connectivity index (χ1n) is 5.37. The molecule has 0 aliphatic rings. The first-order chi connectivity index (χ1) is 8.61. The molecule has 0 saturated carbocycles. The van der Waals surface area contributed by atoms with Gasteiger partial charge in [0.25, 0.3) is 0 Å². The van der Waals surface area contributed by atoms with Gasteiger partial charge in [0.1, 0.15) is 5.60 Å². The molecule has 7 nitrogen and oxygen atoms in total. The number of ether oxygens (including phenoxy) is 1. The molecule has 1 heterocycles. The van der Waals surface area contributed by atoms with Crippen LogP contribution in [0.25, 0.3) is 0 Å². The minimum atomic E-state index is -1.51. The Hall–Kier alpha value is -1.89. The topological polar surface area (TPSA) is 92.6 Å². The van der Waals surface area contributed by atoms with Crippen LogP contribution in [-0.2, 0) is 4.74 Å². The van der Waals surface area contributed by atoms with Gasteiger partial charge in [-0.15, -0.1) is 10.2 Å². The summed E-state index contributed by atoms with van der Waals surface area (Å²) < 4.78 is 4.99. The molecule has 0 bridgehead atoms. The fourth-order valence-corrected chi connectivity index (χ4v) is 1.23. The molecule has 0 aromatic carbocycles. The van der Waals surface area contributed by atoms with Gasteiger partial charge in [0.05, 0.1) is 0 Å². The van der Waals surface area contributed by atoms with Gasteiger partial charge in [-0.1, -0.05) is 11.6 Å². The molecule has 1 N–H and O–H groups in total. The van der Waals surface area contributed by atoms with Gasteiger partial charge >= 0.3 is 12.2 Å². The molecule has 1 aromatic heterocycles. The van der Waals surface area contributed by atoms with E-state index < -0.39 is 17.8 Å². The van der Waals surface area contributed by atoms with Crippen molar-refractivity contribution in [3.05, 3.63) is 16.8 Å². The number of aromatic nitrogens is 2. The molecule has 0 spiro atoms. The monoisotopic (exact) mass is 287 g/mol. The summed E-state index contributed by atoms with van der Waals surface area (Å²) in [6, 6.07) is 1.34. The average Bonchev–Trinajstić information content (AvgIpc) is 2.20. The Bertz CT molecular complexity index is 513. The third-order valence-electron chi connectivity index (χ3n) is 1.91. The molecule has 19 heavy (non-hydrogen) atoms. The second kappa shape index (κ2) is 5.40. The normalized spacial score (nSPS) is 11.0. The van der Waals surface area contributed by atoms with Crippen molar-refractivity contribution in [2.45, 2.75) is 33.3 Å². The maximum atomic E-state index is 11.8. The van der Waals surface area contributed by atoms with Crippen LogP contribution < -0.4 is 4.90 Å². The second-order valence-electron chi connectivity index (χ2n) is 4.77. The van der Waals surface area contributed by atoms with E-state index in [-0.39, 0.29) is 11.0 Å². The molecule has 1 rings (SSSR count). The van der Waals surface area contributed by atoms with Crippen LogP contribution in [0.15, 0.2) is 6.07 Å². The van der Waals surface area contributed by atoms with Gasteiger partial charge in [-0.2, -0.15) is 4.90 Å². The van der Waals surface area contributed by atoms with Crippen LogP contribution in [0.3, 0.4) is 0 Å². The maximum Gasteiger partial charge on any atom is 0.425 e. The van der Waals surface area contributed by atoms with E-state index in [9.17, 15) is 9.59 Å². The summed E-state index contributed by atoms with van der Waals surface area (Å²) in [6.45, 7) is 6.51. The van der Waals surface area contributed by atoms with Crippen molar-refractivity contribution in [3.63, 3.8) is 0 Å². The van der Waals surface area contributed by atoms with E-state index in [1.165, 1.54) is 6.07 Å². The largest absolute Gasteiger partial charge is 0.464 e. The highest BCUT2D eigenvalue weighted by atomic mass is 35.5. The van der Waals surface area contributed by atoms with Crippen molar-refractivity contribution >= 4 is 29.6 Å². The number of anilines is 1. The van der Waals surface area contributed by atoms with E-state index in [0.29, 0.717) is 10.5 Å². The highest BCUT2D eigenvalue weighted by molar-refractivity contribution is 6.30. The Labute approximate surface area is 115 Å². The Morgan fingerprint density at radius 1 is 1.37 bits per heavy atom. The molecule has 0 aliphatic heterocycles. The van der Waals surface area contributed by atoms with Crippen molar-refractivity contribution in [1.82, 2.24) is 10.2 Å². The molecule has 0 radical (unpaired) electrons. The van der Waals surface area contributed by atoms with Gasteiger partial charge in [-0.05, 0) is 39.3 Å². The van der Waals surface area contributed by atoms with E-state index >= 15 is 0 Å². The van der Waals surface area contributed by atoms with Gasteiger partial charge < -0.3 is 9.84 Å². The number of carboxylic acid groups (broad SMARTS) is 1. The van der Waals surface area contributed by atoms with Crippen molar-refractivity contribution in [3.8, 4) is 0 Å². The Morgan fingerprint density at radius 2 is 1.95 bits per heavy atom. The molecule has 1 aromatic rings. The molecule has 0 atom stereocenters. The zero-order valence-electron chi connectivity index (χ0n) is 11.0. The standard InChI is InChI=1S/C11H14ClN3O4/c1-6-5-7(13-14-8(6)12)15(9(16)17)10(18)19-11(2,3)4/h5H,1-4H3,(H,16,17). The lowest BCUT2D eigenvalue weighted by atomic mass is 10.2. The van der Waals surface area contributed by atoms with E-state index in [1.54, 1.807) is 27.7 Å². The van der Waals surface area contributed by atoms with Crippen molar-refractivity contribution in [1.29, 1.82) is 0 Å². The number of carbonyl (C=O) groups excluding carboxylic acids is 1. The van der Waals surface area contributed by atoms with Crippen molar-refractivity contribution in [2.24, 2.45) is 0 Å². The molecule has 0 fully saturated rings. The van der Waals surface area contributed by atoms with E-state index in [4.69, 9.17) is 21.4 Å². The Morgan fingerprint density at radius 3 is 2.37 bits per heavy atom. The predicted molar refractivity (Wildman–Crippen MR) is 68.5 cm³/mol. The quantitative estimate of drug-likeness (QED) is 0.853. The maximum absolute atomic E-state index is 11.8. The highest BCUT2D eigenvalue weighted by Gasteiger charge is 2.30. The van der Waals surface area contributed by atoms with Crippen LogP contribution >= 0.6 is 11.6 Å². The summed E-state index contributed by atoms with van der Waals surface area (Å²) in [4.78, 5) is 23.3. The highest BCUT2D eigenvalue weighted by Crippen LogP contribution is 2.19. The van der Waals surface area contributed by atoms with E-state index in [0.717, 1.165) is 0 Å². The van der Waals surface area contributed by atoms with Crippen LogP contribution in [0.4, 0.5) is 15.4 Å². The summed E-state index contributed by atoms with van der Waals surface area (Å²) >= 11 is 5.70. The minimum Gasteiger partial charge on any atom is -0.464 e. The molecule has 2 amide bonds. The number of halogens is 1. The van der Waals surface area contributed by atoms with Crippen molar-refractivity contribution in [2.75, 3.05) is 4.90 Å². The third-order valence-corrected chi connectivity index (χ3v) is 2.28. The van der Waals surface area contributed by atoms with Crippen LogP contribution in [0, 0.1) is 6.92 Å². The number of carbonyl (C=O) groups is 2. The number of amides is 2. The lowest BCUT2D eigenvalue weighted by molar-refractivity contribution is 0.0580. The van der Waals surface area contributed by atoms with Crippen LogP contribution in [-0.4, -0.2) is 33.1 Å². The van der Waals surface area contributed by atoms with E-state index in [2.05, 4.69) is 10.2 Å². The fraction of sp³-hybridized carbons (Fsp3) is 0.455. The van der Waals surface area contributed by atoms with Crippen LogP contribution in [0.5, 0.6) is 0 Å². The van der Waals surface area contributed by atoms with Gasteiger partial charge in [0, 0.05) is 0 Å². The first kappa shape index (κ1) is 15.2. The lowest BCUT2D eigenvalue weighted by Crippen LogP contribution is -2.40. The fourth-order valence-electron chi connectivity index (χ4n) is 1.14. The van der Waals surface area contributed by atoms with Crippen molar-refractivity contribution < 1.29 is 19.4 Å². The second-order valence-corrected chi connectivity index (χ2v) is 5.13. The smallest absolute Gasteiger partial charge is 0.425 e. The van der Waals surface area contributed by atoms with Gasteiger partial charge in [0.15, 0.2) is 11.0 Å². The molecule has 0 unspecified atom stereocenters. The van der Waals surface area contributed by atoms with Crippen LogP contribution in [0.1, 0.15) is 26.3 Å². The number of aryl methyl sites for hydroxylation is 1. The molecular formula is C11H14ClN3O4. The molecule has 8 heteroatoms. The number of imide groups is 1. The molecule has 0 saturated heterocycles. The zero-order valence-corrected chi connectivity index (χ0v) is 11.7. The molecule has 104 valence electrons. The SMILES string of the molecule is Cc1cc(N(C(=O)O)C(=O)OC(C)(C)C)nnc1Cl. The summed E-state index contributed by atoms with van der Waals surface area (Å²) in [5.41, 5.74) is -0.318. The average molecular weight is 288 g/mol. The number of hydrogen-bond acceptors (Lipinski definition) is 5. The summed E-state index contributed by atoms with van der Waals surface area (Å²) in [5.74, 6) is -0.163.